The summed E-state index contributed by atoms with van der Waals surface area (Å²) >= 11 is 2.11. The summed E-state index contributed by atoms with van der Waals surface area (Å²) in [4.78, 5) is 1.48. The van der Waals surface area contributed by atoms with E-state index >= 15 is 0 Å². The molecule has 0 saturated heterocycles. The lowest BCUT2D eigenvalue weighted by atomic mass is 10.1. The Morgan fingerprint density at radius 3 is 2.70 bits per heavy atom. The lowest BCUT2D eigenvalue weighted by Crippen LogP contribution is -2.37. The van der Waals surface area contributed by atoms with E-state index in [1.165, 1.54) is 54.5 Å². The van der Waals surface area contributed by atoms with Gasteiger partial charge in [0.2, 0.25) is 0 Å². The lowest BCUT2D eigenvalue weighted by molar-refractivity contribution is 0.470. The first kappa shape index (κ1) is 15.9. The summed E-state index contributed by atoms with van der Waals surface area (Å²) in [5.74, 6) is 0. The molecule has 2 atom stereocenters. The van der Waals surface area contributed by atoms with Crippen LogP contribution in [0.25, 0.3) is 0 Å². The van der Waals surface area contributed by atoms with Crippen molar-refractivity contribution in [3.8, 4) is 0 Å². The molecule has 2 rings (SSSR count). The topological polar surface area (TPSA) is 12.0 Å². The average molecular weight is 292 g/mol. The molecule has 2 heteroatoms. The first-order valence-electron chi connectivity index (χ1n) is 8.18. The van der Waals surface area contributed by atoms with Crippen LogP contribution in [0.15, 0.2) is 23.1 Å². The normalized spacial score (nSPS) is 23.6. The van der Waals surface area contributed by atoms with Crippen molar-refractivity contribution >= 4 is 11.8 Å². The van der Waals surface area contributed by atoms with Gasteiger partial charge in [-0.05, 0) is 51.3 Å². The second-order valence-electron chi connectivity index (χ2n) is 6.12. The zero-order valence-corrected chi connectivity index (χ0v) is 14.1. The molecule has 0 bridgehead atoms. The van der Waals surface area contributed by atoms with Crippen molar-refractivity contribution in [3.63, 3.8) is 0 Å². The van der Waals surface area contributed by atoms with Crippen LogP contribution >= 0.6 is 11.8 Å². The van der Waals surface area contributed by atoms with E-state index in [-0.39, 0.29) is 0 Å². The van der Waals surface area contributed by atoms with Gasteiger partial charge in [-0.2, -0.15) is 0 Å². The number of thioether (sulfide) groups is 1. The van der Waals surface area contributed by atoms with E-state index in [2.05, 4.69) is 56.0 Å². The number of aryl methyl sites for hydroxylation is 2. The Morgan fingerprint density at radius 1 is 1.15 bits per heavy atom. The van der Waals surface area contributed by atoms with Gasteiger partial charge in [-0.15, -0.1) is 11.8 Å². The fourth-order valence-electron chi connectivity index (χ4n) is 3.07. The second kappa shape index (κ2) is 8.09. The molecule has 1 saturated carbocycles. The zero-order chi connectivity index (χ0) is 14.4. The molecule has 0 heterocycles. The van der Waals surface area contributed by atoms with Gasteiger partial charge in [-0.3, -0.25) is 0 Å². The third kappa shape index (κ3) is 4.53. The molecule has 1 aromatic rings. The van der Waals surface area contributed by atoms with Gasteiger partial charge < -0.3 is 5.32 Å². The minimum Gasteiger partial charge on any atom is -0.313 e. The van der Waals surface area contributed by atoms with Gasteiger partial charge in [0.05, 0.1) is 0 Å². The Labute approximate surface area is 128 Å². The highest BCUT2D eigenvalue weighted by molar-refractivity contribution is 8.00. The van der Waals surface area contributed by atoms with Crippen molar-refractivity contribution in [1.82, 2.24) is 5.32 Å². The zero-order valence-electron chi connectivity index (χ0n) is 13.2. The predicted octanol–water partition coefficient (Wildman–Crippen LogP) is 5.10. The molecule has 1 aliphatic carbocycles. The Morgan fingerprint density at radius 2 is 1.95 bits per heavy atom. The van der Waals surface area contributed by atoms with Gasteiger partial charge in [0.1, 0.15) is 0 Å². The Bertz CT molecular complexity index is 416. The third-order valence-corrected chi connectivity index (χ3v) is 5.80. The maximum atomic E-state index is 3.79. The SMILES string of the molecule is CCCNC1CCCCCC1Sc1ccc(C)cc1C. The van der Waals surface area contributed by atoms with Crippen LogP contribution in [-0.2, 0) is 0 Å². The largest absolute Gasteiger partial charge is 0.313 e. The molecule has 0 amide bonds. The van der Waals surface area contributed by atoms with E-state index in [0.29, 0.717) is 6.04 Å². The fourth-order valence-corrected chi connectivity index (χ4v) is 4.47. The lowest BCUT2D eigenvalue weighted by Gasteiger charge is -2.26. The van der Waals surface area contributed by atoms with Crippen LogP contribution in [0.3, 0.4) is 0 Å². The summed E-state index contributed by atoms with van der Waals surface area (Å²) in [5.41, 5.74) is 2.81. The summed E-state index contributed by atoms with van der Waals surface area (Å²) in [7, 11) is 0. The number of benzene rings is 1. The highest BCUT2D eigenvalue weighted by Gasteiger charge is 2.24. The molecule has 0 aromatic heterocycles. The van der Waals surface area contributed by atoms with Crippen LogP contribution in [0.4, 0.5) is 0 Å². The standard InChI is InChI=1S/C18H29NS/c1-4-12-19-16-8-6-5-7-9-18(16)20-17-11-10-14(2)13-15(17)3/h10-11,13,16,18-19H,4-9,12H2,1-3H3. The van der Waals surface area contributed by atoms with E-state index in [4.69, 9.17) is 0 Å². The van der Waals surface area contributed by atoms with Crippen molar-refractivity contribution in [1.29, 1.82) is 0 Å². The van der Waals surface area contributed by atoms with Gasteiger partial charge in [0.15, 0.2) is 0 Å². The minimum absolute atomic E-state index is 0.697. The van der Waals surface area contributed by atoms with Crippen molar-refractivity contribution < 1.29 is 0 Å². The summed E-state index contributed by atoms with van der Waals surface area (Å²) in [5, 5.41) is 4.53. The monoisotopic (exact) mass is 291 g/mol. The number of hydrogen-bond donors (Lipinski definition) is 1. The van der Waals surface area contributed by atoms with Crippen molar-refractivity contribution in [2.75, 3.05) is 6.54 Å². The second-order valence-corrected chi connectivity index (χ2v) is 7.40. The molecule has 1 aliphatic rings. The Balaban J connectivity index is 2.06. The predicted molar refractivity (Wildman–Crippen MR) is 90.7 cm³/mol. The number of rotatable bonds is 5. The molecule has 20 heavy (non-hydrogen) atoms. The molecule has 0 radical (unpaired) electrons. The van der Waals surface area contributed by atoms with E-state index in [9.17, 15) is 0 Å². The van der Waals surface area contributed by atoms with E-state index in [0.717, 1.165) is 11.8 Å². The molecule has 1 fully saturated rings. The number of nitrogens with one attached hydrogen (secondary N) is 1. The molecular formula is C18H29NS. The van der Waals surface area contributed by atoms with Gasteiger partial charge >= 0.3 is 0 Å². The van der Waals surface area contributed by atoms with Gasteiger partial charge in [0.25, 0.3) is 0 Å². The fraction of sp³-hybridized carbons (Fsp3) is 0.667. The Kier molecular flexibility index (Phi) is 6.44. The quantitative estimate of drug-likeness (QED) is 0.758. The summed E-state index contributed by atoms with van der Waals surface area (Å²) in [6.07, 6.45) is 8.14. The summed E-state index contributed by atoms with van der Waals surface area (Å²) in [6.45, 7) is 7.85. The van der Waals surface area contributed by atoms with Crippen LogP contribution in [0.5, 0.6) is 0 Å². The maximum Gasteiger partial charge on any atom is 0.0248 e. The van der Waals surface area contributed by atoms with E-state index in [1.807, 2.05) is 0 Å². The van der Waals surface area contributed by atoms with E-state index in [1.54, 1.807) is 0 Å². The van der Waals surface area contributed by atoms with Crippen molar-refractivity contribution in [2.45, 2.75) is 75.5 Å². The van der Waals surface area contributed by atoms with Crippen LogP contribution in [0.2, 0.25) is 0 Å². The maximum absolute atomic E-state index is 3.79. The minimum atomic E-state index is 0.697. The molecule has 2 unspecified atom stereocenters. The molecule has 0 spiro atoms. The van der Waals surface area contributed by atoms with Crippen LogP contribution in [0.1, 0.15) is 56.6 Å². The van der Waals surface area contributed by atoms with Crippen LogP contribution in [0, 0.1) is 13.8 Å². The van der Waals surface area contributed by atoms with Gasteiger partial charge in [-0.25, -0.2) is 0 Å². The Hall–Kier alpha value is -0.470. The third-order valence-electron chi connectivity index (χ3n) is 4.22. The van der Waals surface area contributed by atoms with Crippen molar-refractivity contribution in [3.05, 3.63) is 29.3 Å². The van der Waals surface area contributed by atoms with Gasteiger partial charge in [-0.1, -0.05) is 43.9 Å². The smallest absolute Gasteiger partial charge is 0.0248 e. The summed E-state index contributed by atoms with van der Waals surface area (Å²) in [6, 6.07) is 7.58. The molecule has 112 valence electrons. The first-order valence-corrected chi connectivity index (χ1v) is 9.06. The molecular weight excluding hydrogens is 262 g/mol. The van der Waals surface area contributed by atoms with Crippen molar-refractivity contribution in [2.24, 2.45) is 0 Å². The first-order chi connectivity index (χ1) is 9.70. The highest BCUT2D eigenvalue weighted by Crippen LogP contribution is 2.35. The molecule has 1 nitrogen and oxygen atoms in total. The molecule has 1 N–H and O–H groups in total. The number of hydrogen-bond acceptors (Lipinski definition) is 2. The summed E-state index contributed by atoms with van der Waals surface area (Å²) < 4.78 is 0. The van der Waals surface area contributed by atoms with Crippen LogP contribution < -0.4 is 5.32 Å². The highest BCUT2D eigenvalue weighted by atomic mass is 32.2. The van der Waals surface area contributed by atoms with E-state index < -0.39 is 0 Å². The van der Waals surface area contributed by atoms with Gasteiger partial charge in [0, 0.05) is 16.2 Å². The molecule has 1 aromatic carbocycles. The van der Waals surface area contributed by atoms with Crippen LogP contribution in [-0.4, -0.2) is 17.8 Å². The average Bonchev–Trinajstić information content (AvgIpc) is 2.65. The molecule has 0 aliphatic heterocycles.